The Bertz CT molecular complexity index is 596. The van der Waals surface area contributed by atoms with Gasteiger partial charge in [-0.2, -0.15) is 0 Å². The summed E-state index contributed by atoms with van der Waals surface area (Å²) < 4.78 is 10.3. The van der Waals surface area contributed by atoms with Gasteiger partial charge in [0.1, 0.15) is 18.3 Å². The van der Waals surface area contributed by atoms with Crippen LogP contribution in [0.4, 0.5) is 0 Å². The highest BCUT2D eigenvalue weighted by Crippen LogP contribution is 2.25. The third-order valence-electron chi connectivity index (χ3n) is 3.49. The second kappa shape index (κ2) is 6.72. The van der Waals surface area contributed by atoms with Gasteiger partial charge < -0.3 is 35.0 Å². The van der Waals surface area contributed by atoms with Gasteiger partial charge in [-0.1, -0.05) is 0 Å². The van der Waals surface area contributed by atoms with E-state index in [0.717, 1.165) is 0 Å². The number of aliphatic hydroxyl groups is 4. The Morgan fingerprint density at radius 1 is 1.13 bits per heavy atom. The van der Waals surface area contributed by atoms with Crippen molar-refractivity contribution in [1.29, 1.82) is 0 Å². The number of nitrogens with zero attached hydrogens (tertiary/aromatic N) is 2. The van der Waals surface area contributed by atoms with Gasteiger partial charge in [0.2, 0.25) is 12.2 Å². The van der Waals surface area contributed by atoms with Gasteiger partial charge in [0.05, 0.1) is 23.7 Å². The number of ether oxygens (including phenoxy) is 2. The molecule has 2 rings (SSSR count). The summed E-state index contributed by atoms with van der Waals surface area (Å²) in [5.41, 5.74) is 1.01. The summed E-state index contributed by atoms with van der Waals surface area (Å²) in [5.74, 6) is -1.55. The minimum atomic E-state index is -1.80. The molecule has 0 radical (unpaired) electrons. The van der Waals surface area contributed by atoms with E-state index in [2.05, 4.69) is 9.97 Å². The Morgan fingerprint density at radius 3 is 2.35 bits per heavy atom. The highest BCUT2D eigenvalue weighted by molar-refractivity contribution is 5.73. The molecule has 0 bridgehead atoms. The van der Waals surface area contributed by atoms with Crippen LogP contribution in [0.1, 0.15) is 17.1 Å². The Hall–Kier alpha value is -1.85. The predicted octanol–water partition coefficient (Wildman–Crippen LogP) is -2.14. The third kappa shape index (κ3) is 3.41. The summed E-state index contributed by atoms with van der Waals surface area (Å²) in [7, 11) is 0. The first-order valence-electron chi connectivity index (χ1n) is 6.80. The standard InChI is InChI=1S/C13H18N2O8/c1-4-6(3-16)14-5(2)11(15-4)23-13-9(19)7(17)8(18)10(22-13)12(20)21/h7-10,13,16-19H,3H2,1-2H3,(H,20,21)/t7-,8-,9+,10-,13-/m0/s1. The van der Waals surface area contributed by atoms with Gasteiger partial charge in [-0.25, -0.2) is 14.8 Å². The third-order valence-corrected chi connectivity index (χ3v) is 3.49. The fourth-order valence-corrected chi connectivity index (χ4v) is 2.15. The van der Waals surface area contributed by atoms with E-state index in [9.17, 15) is 20.1 Å². The zero-order chi connectivity index (χ0) is 17.3. The lowest BCUT2D eigenvalue weighted by molar-refractivity contribution is -0.271. The molecule has 5 N–H and O–H groups in total. The van der Waals surface area contributed by atoms with Crippen LogP contribution in [0.3, 0.4) is 0 Å². The van der Waals surface area contributed by atoms with E-state index in [1.807, 2.05) is 0 Å². The molecule has 5 atom stereocenters. The summed E-state index contributed by atoms with van der Waals surface area (Å²) >= 11 is 0. The first kappa shape index (κ1) is 17.5. The summed E-state index contributed by atoms with van der Waals surface area (Å²) in [6, 6.07) is 0. The normalized spacial score (nSPS) is 31.0. The monoisotopic (exact) mass is 330 g/mol. The molecule has 1 aliphatic rings. The maximum Gasteiger partial charge on any atom is 0.335 e. The van der Waals surface area contributed by atoms with Gasteiger partial charge in [-0.3, -0.25) is 0 Å². The average molecular weight is 330 g/mol. The van der Waals surface area contributed by atoms with E-state index in [1.165, 1.54) is 6.92 Å². The second-order valence-electron chi connectivity index (χ2n) is 5.16. The van der Waals surface area contributed by atoms with Crippen LogP contribution in [0.15, 0.2) is 0 Å². The molecular weight excluding hydrogens is 312 g/mol. The molecule has 128 valence electrons. The summed E-state index contributed by atoms with van der Waals surface area (Å²) in [5, 5.41) is 47.3. The molecule has 0 spiro atoms. The van der Waals surface area contributed by atoms with Crippen molar-refractivity contribution in [3.8, 4) is 5.88 Å². The quantitative estimate of drug-likeness (QED) is 0.411. The largest absolute Gasteiger partial charge is 0.479 e. The van der Waals surface area contributed by atoms with Crippen molar-refractivity contribution in [3.05, 3.63) is 17.1 Å². The second-order valence-corrected chi connectivity index (χ2v) is 5.16. The van der Waals surface area contributed by atoms with E-state index in [0.29, 0.717) is 11.4 Å². The number of hydrogen-bond acceptors (Lipinski definition) is 9. The molecule has 1 aliphatic heterocycles. The molecule has 23 heavy (non-hydrogen) atoms. The first-order valence-corrected chi connectivity index (χ1v) is 6.80. The van der Waals surface area contributed by atoms with Crippen molar-refractivity contribution in [2.45, 2.75) is 51.2 Å². The van der Waals surface area contributed by atoms with Crippen LogP contribution in [0.2, 0.25) is 0 Å². The first-order chi connectivity index (χ1) is 10.8. The fourth-order valence-electron chi connectivity index (χ4n) is 2.15. The fraction of sp³-hybridized carbons (Fsp3) is 0.615. The molecule has 0 saturated carbocycles. The van der Waals surface area contributed by atoms with Crippen molar-refractivity contribution < 1.29 is 39.8 Å². The lowest BCUT2D eigenvalue weighted by Crippen LogP contribution is -2.61. The minimum Gasteiger partial charge on any atom is -0.479 e. The molecule has 10 heteroatoms. The van der Waals surface area contributed by atoms with Crippen LogP contribution < -0.4 is 4.74 Å². The lowest BCUT2D eigenvalue weighted by atomic mass is 9.99. The molecule has 0 aromatic carbocycles. The van der Waals surface area contributed by atoms with Crippen molar-refractivity contribution in [2.24, 2.45) is 0 Å². The molecule has 10 nitrogen and oxygen atoms in total. The number of carbonyl (C=O) groups is 1. The van der Waals surface area contributed by atoms with Crippen LogP contribution in [0, 0.1) is 13.8 Å². The molecule has 2 heterocycles. The van der Waals surface area contributed by atoms with E-state index in [1.54, 1.807) is 6.92 Å². The molecule has 0 amide bonds. The van der Waals surface area contributed by atoms with Gasteiger partial charge in [-0.05, 0) is 13.8 Å². The summed E-state index contributed by atoms with van der Waals surface area (Å²) in [4.78, 5) is 19.2. The number of aryl methyl sites for hydroxylation is 2. The molecule has 1 aromatic rings. The molecule has 0 unspecified atom stereocenters. The van der Waals surface area contributed by atoms with Crippen molar-refractivity contribution in [2.75, 3.05) is 0 Å². The van der Waals surface area contributed by atoms with Crippen LogP contribution in [0.5, 0.6) is 5.88 Å². The smallest absolute Gasteiger partial charge is 0.335 e. The number of hydrogen-bond donors (Lipinski definition) is 5. The lowest BCUT2D eigenvalue weighted by Gasteiger charge is -2.38. The molecular formula is C13H18N2O8. The van der Waals surface area contributed by atoms with Gasteiger partial charge in [0.25, 0.3) is 0 Å². The van der Waals surface area contributed by atoms with Crippen LogP contribution in [0.25, 0.3) is 0 Å². The maximum atomic E-state index is 11.0. The van der Waals surface area contributed by atoms with Crippen LogP contribution in [-0.2, 0) is 16.1 Å². The zero-order valence-electron chi connectivity index (χ0n) is 12.4. The van der Waals surface area contributed by atoms with Crippen molar-refractivity contribution in [1.82, 2.24) is 9.97 Å². The Kier molecular flexibility index (Phi) is 5.12. The topological polar surface area (TPSA) is 162 Å². The van der Waals surface area contributed by atoms with Gasteiger partial charge in [0.15, 0.2) is 6.10 Å². The minimum absolute atomic E-state index is 0.0449. The predicted molar refractivity (Wildman–Crippen MR) is 72.4 cm³/mol. The Labute approximate surface area is 131 Å². The number of aliphatic carboxylic acids is 1. The molecule has 1 fully saturated rings. The van der Waals surface area contributed by atoms with E-state index in [-0.39, 0.29) is 18.2 Å². The van der Waals surface area contributed by atoms with Gasteiger partial charge >= 0.3 is 5.97 Å². The number of aliphatic hydroxyl groups excluding tert-OH is 4. The summed E-state index contributed by atoms with van der Waals surface area (Å²) in [6.45, 7) is 2.81. The SMILES string of the molecule is Cc1nc(O[C@@H]2O[C@H](C(=O)O)[C@@H](O)[C@H](O)[C@H]2O)c(C)nc1CO. The number of aromatic nitrogens is 2. The van der Waals surface area contributed by atoms with E-state index in [4.69, 9.17) is 19.7 Å². The van der Waals surface area contributed by atoms with E-state index < -0.39 is 36.7 Å². The maximum absolute atomic E-state index is 11.0. The number of carboxylic acid groups (broad SMARTS) is 1. The van der Waals surface area contributed by atoms with Gasteiger partial charge in [0, 0.05) is 0 Å². The summed E-state index contributed by atoms with van der Waals surface area (Å²) in [6.07, 6.45) is -8.56. The number of rotatable bonds is 4. The van der Waals surface area contributed by atoms with Crippen LogP contribution in [-0.4, -0.2) is 72.2 Å². The Balaban J connectivity index is 2.25. The zero-order valence-corrected chi connectivity index (χ0v) is 12.4. The average Bonchev–Trinajstić information content (AvgIpc) is 2.50. The molecule has 1 saturated heterocycles. The number of carboxylic acids is 1. The highest BCUT2D eigenvalue weighted by Gasteiger charge is 2.48. The Morgan fingerprint density at radius 2 is 1.78 bits per heavy atom. The van der Waals surface area contributed by atoms with E-state index >= 15 is 0 Å². The molecule has 1 aromatic heterocycles. The molecule has 0 aliphatic carbocycles. The highest BCUT2D eigenvalue weighted by atomic mass is 16.7. The van der Waals surface area contributed by atoms with Gasteiger partial charge in [-0.15, -0.1) is 0 Å². The van der Waals surface area contributed by atoms with Crippen molar-refractivity contribution >= 4 is 5.97 Å². The van der Waals surface area contributed by atoms with Crippen molar-refractivity contribution in [3.63, 3.8) is 0 Å². The van der Waals surface area contributed by atoms with Crippen LogP contribution >= 0.6 is 0 Å².